The average Bonchev–Trinajstić information content (AvgIpc) is 2.12. The van der Waals surface area contributed by atoms with Crippen molar-refractivity contribution in [3.63, 3.8) is 0 Å². The SMILES string of the molecule is CCCS(=O)(=O)Nc1cccc(Cl)c1F. The van der Waals surface area contributed by atoms with Crippen LogP contribution in [0.3, 0.4) is 0 Å². The molecule has 0 amide bonds. The first-order valence-electron chi connectivity index (χ1n) is 4.41. The summed E-state index contributed by atoms with van der Waals surface area (Å²) in [6, 6.07) is 4.16. The summed E-state index contributed by atoms with van der Waals surface area (Å²) in [4.78, 5) is 0. The van der Waals surface area contributed by atoms with Gasteiger partial charge in [-0.3, -0.25) is 4.72 Å². The van der Waals surface area contributed by atoms with Crippen LogP contribution in [-0.2, 0) is 10.0 Å². The molecule has 3 nitrogen and oxygen atoms in total. The summed E-state index contributed by atoms with van der Waals surface area (Å²) in [5.74, 6) is -0.794. The lowest BCUT2D eigenvalue weighted by molar-refractivity contribution is 0.597. The Bertz CT molecular complexity index is 447. The fourth-order valence-corrected chi connectivity index (χ4v) is 2.38. The van der Waals surface area contributed by atoms with Crippen LogP contribution >= 0.6 is 11.6 Å². The van der Waals surface area contributed by atoms with Gasteiger partial charge >= 0.3 is 0 Å². The van der Waals surface area contributed by atoms with Gasteiger partial charge < -0.3 is 0 Å². The summed E-state index contributed by atoms with van der Waals surface area (Å²) in [6.45, 7) is 1.73. The highest BCUT2D eigenvalue weighted by Gasteiger charge is 2.13. The molecule has 0 aliphatic rings. The predicted molar refractivity (Wildman–Crippen MR) is 59.1 cm³/mol. The number of halogens is 2. The highest BCUT2D eigenvalue weighted by molar-refractivity contribution is 7.92. The summed E-state index contributed by atoms with van der Waals surface area (Å²) in [5, 5.41) is -0.105. The molecular weight excluding hydrogens is 241 g/mol. The maximum atomic E-state index is 13.3. The van der Waals surface area contributed by atoms with Crippen molar-refractivity contribution in [1.82, 2.24) is 0 Å². The topological polar surface area (TPSA) is 46.2 Å². The third-order valence-corrected chi connectivity index (χ3v) is 3.46. The summed E-state index contributed by atoms with van der Waals surface area (Å²) < 4.78 is 38.1. The Kier molecular flexibility index (Phi) is 3.93. The van der Waals surface area contributed by atoms with Gasteiger partial charge in [0, 0.05) is 0 Å². The molecule has 0 heterocycles. The fraction of sp³-hybridized carbons (Fsp3) is 0.333. The number of anilines is 1. The monoisotopic (exact) mass is 251 g/mol. The van der Waals surface area contributed by atoms with Crippen LogP contribution < -0.4 is 4.72 Å². The first-order valence-corrected chi connectivity index (χ1v) is 6.44. The van der Waals surface area contributed by atoms with Gasteiger partial charge in [0.2, 0.25) is 10.0 Å². The van der Waals surface area contributed by atoms with Gasteiger partial charge in [0.25, 0.3) is 0 Å². The van der Waals surface area contributed by atoms with Crippen molar-refractivity contribution in [2.75, 3.05) is 10.5 Å². The Morgan fingerprint density at radius 2 is 2.13 bits per heavy atom. The third kappa shape index (κ3) is 3.35. The van der Waals surface area contributed by atoms with Crippen molar-refractivity contribution in [2.45, 2.75) is 13.3 Å². The van der Waals surface area contributed by atoms with Crippen LogP contribution in [0.1, 0.15) is 13.3 Å². The molecule has 1 aromatic carbocycles. The number of hydrogen-bond acceptors (Lipinski definition) is 2. The lowest BCUT2D eigenvalue weighted by atomic mass is 10.3. The molecule has 6 heteroatoms. The molecule has 1 N–H and O–H groups in total. The van der Waals surface area contributed by atoms with E-state index in [0.29, 0.717) is 6.42 Å². The van der Waals surface area contributed by atoms with Crippen LogP contribution in [-0.4, -0.2) is 14.2 Å². The van der Waals surface area contributed by atoms with Gasteiger partial charge in [-0.05, 0) is 18.6 Å². The van der Waals surface area contributed by atoms with Crippen molar-refractivity contribution in [3.8, 4) is 0 Å². The van der Waals surface area contributed by atoms with E-state index < -0.39 is 15.8 Å². The highest BCUT2D eigenvalue weighted by Crippen LogP contribution is 2.22. The van der Waals surface area contributed by atoms with Crippen molar-refractivity contribution in [1.29, 1.82) is 0 Å². The predicted octanol–water partition coefficient (Wildman–Crippen LogP) is 2.63. The van der Waals surface area contributed by atoms with E-state index in [-0.39, 0.29) is 16.5 Å². The zero-order chi connectivity index (χ0) is 11.5. The van der Waals surface area contributed by atoms with Crippen molar-refractivity contribution in [2.24, 2.45) is 0 Å². The third-order valence-electron chi connectivity index (χ3n) is 1.69. The molecule has 0 aliphatic carbocycles. The molecule has 0 unspecified atom stereocenters. The van der Waals surface area contributed by atoms with Crippen molar-refractivity contribution < 1.29 is 12.8 Å². The second kappa shape index (κ2) is 4.81. The quantitative estimate of drug-likeness (QED) is 0.894. The van der Waals surface area contributed by atoms with E-state index in [1.165, 1.54) is 18.2 Å². The molecular formula is C9H11ClFNO2S. The first-order chi connectivity index (χ1) is 6.96. The standard InChI is InChI=1S/C9H11ClFNO2S/c1-2-6-15(13,14)12-8-5-3-4-7(10)9(8)11/h3-5,12H,2,6H2,1H3. The Labute approximate surface area is 93.3 Å². The van der Waals surface area contributed by atoms with E-state index in [1.807, 2.05) is 0 Å². The number of benzene rings is 1. The van der Waals surface area contributed by atoms with Crippen molar-refractivity contribution in [3.05, 3.63) is 29.0 Å². The molecule has 0 aromatic heterocycles. The molecule has 0 aliphatic heterocycles. The average molecular weight is 252 g/mol. The van der Waals surface area contributed by atoms with Gasteiger partial charge in [-0.15, -0.1) is 0 Å². The normalized spacial score (nSPS) is 11.4. The van der Waals surface area contributed by atoms with E-state index in [4.69, 9.17) is 11.6 Å². The molecule has 0 fully saturated rings. The first kappa shape index (κ1) is 12.3. The minimum absolute atomic E-state index is 0.0427. The zero-order valence-electron chi connectivity index (χ0n) is 8.13. The molecule has 84 valence electrons. The highest BCUT2D eigenvalue weighted by atomic mass is 35.5. The van der Waals surface area contributed by atoms with Gasteiger partial charge in [0.1, 0.15) is 0 Å². The van der Waals surface area contributed by atoms with Crippen LogP contribution in [0.15, 0.2) is 18.2 Å². The van der Waals surface area contributed by atoms with Gasteiger partial charge in [-0.2, -0.15) is 0 Å². The Morgan fingerprint density at radius 1 is 1.47 bits per heavy atom. The molecule has 0 saturated heterocycles. The molecule has 15 heavy (non-hydrogen) atoms. The van der Waals surface area contributed by atoms with Crippen LogP contribution in [0.25, 0.3) is 0 Å². The zero-order valence-corrected chi connectivity index (χ0v) is 9.70. The number of nitrogens with one attached hydrogen (secondary N) is 1. The maximum absolute atomic E-state index is 13.3. The molecule has 0 atom stereocenters. The Balaban J connectivity index is 2.95. The summed E-state index contributed by atoms with van der Waals surface area (Å²) in [7, 11) is -3.47. The molecule has 0 spiro atoms. The summed E-state index contributed by atoms with van der Waals surface area (Å²) >= 11 is 5.51. The van der Waals surface area contributed by atoms with Gasteiger partial charge in [-0.25, -0.2) is 12.8 Å². The summed E-state index contributed by atoms with van der Waals surface area (Å²) in [6.07, 6.45) is 0.470. The van der Waals surface area contributed by atoms with E-state index >= 15 is 0 Å². The van der Waals surface area contributed by atoms with Gasteiger partial charge in [-0.1, -0.05) is 24.6 Å². The second-order valence-electron chi connectivity index (χ2n) is 3.02. The van der Waals surface area contributed by atoms with E-state index in [0.717, 1.165) is 0 Å². The second-order valence-corrected chi connectivity index (χ2v) is 5.27. The number of sulfonamides is 1. The molecule has 1 rings (SSSR count). The molecule has 0 bridgehead atoms. The van der Waals surface area contributed by atoms with Crippen LogP contribution in [0.5, 0.6) is 0 Å². The lowest BCUT2D eigenvalue weighted by Gasteiger charge is -2.08. The summed E-state index contributed by atoms with van der Waals surface area (Å²) in [5.41, 5.74) is -0.115. The Morgan fingerprint density at radius 3 is 2.73 bits per heavy atom. The Hall–Kier alpha value is -0.810. The van der Waals surface area contributed by atoms with Crippen LogP contribution in [0.2, 0.25) is 5.02 Å². The van der Waals surface area contributed by atoms with Gasteiger partial charge in [0.15, 0.2) is 5.82 Å². The van der Waals surface area contributed by atoms with E-state index in [2.05, 4.69) is 4.72 Å². The van der Waals surface area contributed by atoms with E-state index in [9.17, 15) is 12.8 Å². The van der Waals surface area contributed by atoms with E-state index in [1.54, 1.807) is 6.92 Å². The molecule has 1 aromatic rings. The van der Waals surface area contributed by atoms with Crippen molar-refractivity contribution >= 4 is 27.3 Å². The minimum Gasteiger partial charge on any atom is -0.281 e. The molecule has 0 saturated carbocycles. The molecule has 0 radical (unpaired) electrons. The van der Waals surface area contributed by atoms with Crippen LogP contribution in [0.4, 0.5) is 10.1 Å². The fourth-order valence-electron chi connectivity index (χ4n) is 1.07. The van der Waals surface area contributed by atoms with Gasteiger partial charge in [0.05, 0.1) is 16.5 Å². The smallest absolute Gasteiger partial charge is 0.232 e. The largest absolute Gasteiger partial charge is 0.281 e. The number of rotatable bonds is 4. The maximum Gasteiger partial charge on any atom is 0.232 e. The lowest BCUT2D eigenvalue weighted by Crippen LogP contribution is -2.16. The van der Waals surface area contributed by atoms with Crippen LogP contribution in [0, 0.1) is 5.82 Å². The minimum atomic E-state index is -3.47. The number of hydrogen-bond donors (Lipinski definition) is 1.